The van der Waals surface area contributed by atoms with Gasteiger partial charge in [0.05, 0.1) is 5.56 Å². The maximum atomic E-state index is 14.7. The smallest absolute Gasteiger partial charge is 0.326 e. The number of amides is 1. The minimum atomic E-state index is -4.26. The SMILES string of the molecule is O=C1CN(c2c(O)ccc(C#Cc3cccc(Cl)c3)c2F)S(=O)(=O)N1. The lowest BCUT2D eigenvalue weighted by Crippen LogP contribution is -2.30. The Kier molecular flexibility index (Phi) is 4.29. The zero-order valence-corrected chi connectivity index (χ0v) is 14.0. The number of phenolic OH excluding ortho intramolecular Hbond substituents is 1. The minimum absolute atomic E-state index is 0.137. The van der Waals surface area contributed by atoms with Gasteiger partial charge in [-0.2, -0.15) is 8.42 Å². The largest absolute Gasteiger partial charge is 0.506 e. The number of rotatable bonds is 1. The van der Waals surface area contributed by atoms with Crippen LogP contribution in [0.4, 0.5) is 10.1 Å². The van der Waals surface area contributed by atoms with E-state index < -0.39 is 39.9 Å². The molecule has 0 saturated carbocycles. The summed E-state index contributed by atoms with van der Waals surface area (Å²) in [4.78, 5) is 11.3. The van der Waals surface area contributed by atoms with Crippen LogP contribution in [0.5, 0.6) is 5.75 Å². The zero-order chi connectivity index (χ0) is 18.2. The Morgan fingerprint density at radius 2 is 2.00 bits per heavy atom. The number of hydrogen-bond donors (Lipinski definition) is 2. The van der Waals surface area contributed by atoms with Gasteiger partial charge in [-0.1, -0.05) is 29.5 Å². The molecule has 9 heteroatoms. The van der Waals surface area contributed by atoms with Crippen LogP contribution in [-0.2, 0) is 15.0 Å². The third kappa shape index (κ3) is 3.38. The van der Waals surface area contributed by atoms with E-state index in [4.69, 9.17) is 11.6 Å². The second-order valence-corrected chi connectivity index (χ2v) is 7.12. The van der Waals surface area contributed by atoms with E-state index >= 15 is 0 Å². The quantitative estimate of drug-likeness (QED) is 0.738. The number of benzene rings is 2. The van der Waals surface area contributed by atoms with Crippen molar-refractivity contribution in [2.75, 3.05) is 10.8 Å². The minimum Gasteiger partial charge on any atom is -0.506 e. The first kappa shape index (κ1) is 17.1. The molecule has 1 heterocycles. The van der Waals surface area contributed by atoms with Crippen molar-refractivity contribution in [1.82, 2.24) is 4.72 Å². The van der Waals surface area contributed by atoms with E-state index in [1.165, 1.54) is 6.07 Å². The van der Waals surface area contributed by atoms with E-state index in [-0.39, 0.29) is 5.56 Å². The first-order chi connectivity index (χ1) is 11.8. The van der Waals surface area contributed by atoms with Gasteiger partial charge in [-0.3, -0.25) is 4.79 Å². The van der Waals surface area contributed by atoms with Gasteiger partial charge in [0.2, 0.25) is 0 Å². The molecule has 25 heavy (non-hydrogen) atoms. The summed E-state index contributed by atoms with van der Waals surface area (Å²) in [6.45, 7) is -0.627. The van der Waals surface area contributed by atoms with Crippen LogP contribution in [0.3, 0.4) is 0 Å². The van der Waals surface area contributed by atoms with Crippen LogP contribution in [0.1, 0.15) is 11.1 Å². The molecular formula is C16H10ClFN2O4S. The van der Waals surface area contributed by atoms with Crippen molar-refractivity contribution < 1.29 is 22.7 Å². The van der Waals surface area contributed by atoms with Crippen LogP contribution < -0.4 is 9.03 Å². The molecule has 3 rings (SSSR count). The standard InChI is InChI=1S/C16H10ClFN2O4S/c17-12-3-1-2-10(8-12)4-5-11-6-7-13(21)16(15(11)18)20-9-14(22)19-25(20,23)24/h1-3,6-8,21H,9H2,(H,19,22). The molecule has 1 fully saturated rings. The van der Waals surface area contributed by atoms with Crippen LogP contribution >= 0.6 is 11.6 Å². The highest BCUT2D eigenvalue weighted by molar-refractivity contribution is 7.92. The summed E-state index contributed by atoms with van der Waals surface area (Å²) in [6, 6.07) is 8.92. The van der Waals surface area contributed by atoms with Gasteiger partial charge >= 0.3 is 10.2 Å². The monoisotopic (exact) mass is 380 g/mol. The number of aromatic hydroxyl groups is 1. The third-order valence-corrected chi connectivity index (χ3v) is 4.94. The molecule has 128 valence electrons. The fraction of sp³-hybridized carbons (Fsp3) is 0.0625. The van der Waals surface area contributed by atoms with Crippen molar-refractivity contribution in [2.24, 2.45) is 0 Å². The lowest BCUT2D eigenvalue weighted by Gasteiger charge is -2.17. The van der Waals surface area contributed by atoms with E-state index in [2.05, 4.69) is 11.8 Å². The number of nitrogens with zero attached hydrogens (tertiary/aromatic N) is 1. The first-order valence-corrected chi connectivity index (χ1v) is 8.72. The van der Waals surface area contributed by atoms with Crippen molar-refractivity contribution in [3.63, 3.8) is 0 Å². The Bertz CT molecular complexity index is 1040. The second kappa shape index (κ2) is 6.27. The van der Waals surface area contributed by atoms with Gasteiger partial charge in [0, 0.05) is 10.6 Å². The Hall–Kier alpha value is -2.76. The average Bonchev–Trinajstić information content (AvgIpc) is 2.79. The molecule has 1 amide bonds. The fourth-order valence-electron chi connectivity index (χ4n) is 2.24. The van der Waals surface area contributed by atoms with Crippen LogP contribution in [0, 0.1) is 17.7 Å². The summed E-state index contributed by atoms with van der Waals surface area (Å²) in [6.07, 6.45) is 0. The van der Waals surface area contributed by atoms with Crippen molar-refractivity contribution >= 4 is 33.4 Å². The highest BCUT2D eigenvalue weighted by Crippen LogP contribution is 2.34. The molecule has 2 N–H and O–H groups in total. The van der Waals surface area contributed by atoms with Gasteiger partial charge in [-0.05, 0) is 30.3 Å². The molecular weight excluding hydrogens is 371 g/mol. The van der Waals surface area contributed by atoms with E-state index in [1.807, 2.05) is 0 Å². The molecule has 1 saturated heterocycles. The first-order valence-electron chi connectivity index (χ1n) is 6.90. The summed E-state index contributed by atoms with van der Waals surface area (Å²) in [5, 5.41) is 10.3. The molecule has 0 unspecified atom stereocenters. The number of anilines is 1. The summed E-state index contributed by atoms with van der Waals surface area (Å²) in [5.74, 6) is 2.78. The van der Waals surface area contributed by atoms with Crippen molar-refractivity contribution in [1.29, 1.82) is 0 Å². The van der Waals surface area contributed by atoms with E-state index in [0.29, 0.717) is 14.9 Å². The lowest BCUT2D eigenvalue weighted by molar-refractivity contribution is -0.117. The Labute approximate surface area is 148 Å². The van der Waals surface area contributed by atoms with Gasteiger partial charge in [0.1, 0.15) is 18.0 Å². The van der Waals surface area contributed by atoms with Crippen LogP contribution in [0.15, 0.2) is 36.4 Å². The van der Waals surface area contributed by atoms with Gasteiger partial charge < -0.3 is 5.11 Å². The van der Waals surface area contributed by atoms with Gasteiger partial charge in [0.25, 0.3) is 5.91 Å². The molecule has 1 aliphatic heterocycles. The molecule has 6 nitrogen and oxygen atoms in total. The van der Waals surface area contributed by atoms with Gasteiger partial charge in [-0.25, -0.2) is 13.4 Å². The number of carbonyl (C=O) groups excluding carboxylic acids is 1. The molecule has 2 aromatic rings. The second-order valence-electron chi connectivity index (χ2n) is 5.09. The maximum absolute atomic E-state index is 14.7. The van der Waals surface area contributed by atoms with Gasteiger partial charge in [-0.15, -0.1) is 0 Å². The van der Waals surface area contributed by atoms with Crippen LogP contribution in [0.2, 0.25) is 5.02 Å². The maximum Gasteiger partial charge on any atom is 0.326 e. The molecule has 0 aliphatic carbocycles. The highest BCUT2D eigenvalue weighted by atomic mass is 35.5. The van der Waals surface area contributed by atoms with Crippen LogP contribution in [0.25, 0.3) is 0 Å². The molecule has 0 radical (unpaired) electrons. The number of nitrogens with one attached hydrogen (secondary N) is 1. The number of phenols is 1. The number of hydrogen-bond acceptors (Lipinski definition) is 4. The van der Waals surface area contributed by atoms with E-state index in [9.17, 15) is 22.7 Å². The molecule has 0 bridgehead atoms. The predicted molar refractivity (Wildman–Crippen MR) is 89.9 cm³/mol. The Balaban J connectivity index is 2.06. The third-order valence-electron chi connectivity index (χ3n) is 3.33. The molecule has 2 aromatic carbocycles. The predicted octanol–water partition coefficient (Wildman–Crippen LogP) is 1.77. The summed E-state index contributed by atoms with van der Waals surface area (Å²) < 4.78 is 40.6. The van der Waals surface area contributed by atoms with E-state index in [0.717, 1.165) is 6.07 Å². The topological polar surface area (TPSA) is 86.7 Å². The summed E-state index contributed by atoms with van der Waals surface area (Å²) in [7, 11) is -4.26. The van der Waals surface area contributed by atoms with E-state index in [1.54, 1.807) is 29.0 Å². The van der Waals surface area contributed by atoms with Crippen molar-refractivity contribution in [3.05, 3.63) is 58.4 Å². The Morgan fingerprint density at radius 1 is 1.24 bits per heavy atom. The lowest BCUT2D eigenvalue weighted by atomic mass is 10.1. The molecule has 0 atom stereocenters. The van der Waals surface area contributed by atoms with Crippen LogP contribution in [-0.4, -0.2) is 26.0 Å². The fourth-order valence-corrected chi connectivity index (χ4v) is 3.59. The number of carbonyl (C=O) groups is 1. The zero-order valence-electron chi connectivity index (χ0n) is 12.5. The highest BCUT2D eigenvalue weighted by Gasteiger charge is 2.37. The van der Waals surface area contributed by atoms with Crippen molar-refractivity contribution in [2.45, 2.75) is 0 Å². The van der Waals surface area contributed by atoms with Crippen molar-refractivity contribution in [3.8, 4) is 17.6 Å². The average molecular weight is 381 g/mol. The molecule has 0 spiro atoms. The number of halogens is 2. The molecule has 0 aromatic heterocycles. The van der Waals surface area contributed by atoms with Gasteiger partial charge in [0.15, 0.2) is 5.82 Å². The normalized spacial score (nSPS) is 15.4. The Morgan fingerprint density at radius 3 is 2.64 bits per heavy atom. The molecule has 1 aliphatic rings. The summed E-state index contributed by atoms with van der Waals surface area (Å²) in [5.41, 5.74) is -0.231. The summed E-state index contributed by atoms with van der Waals surface area (Å²) >= 11 is 5.85.